The normalized spacial score (nSPS) is 13.7. The first-order chi connectivity index (χ1) is 20.3. The van der Waals surface area contributed by atoms with Crippen LogP contribution in [0.25, 0.3) is 0 Å². The van der Waals surface area contributed by atoms with Crippen molar-refractivity contribution in [2.24, 2.45) is 5.92 Å². The quantitative estimate of drug-likeness (QED) is 0.175. The molecule has 0 bridgehead atoms. The van der Waals surface area contributed by atoms with E-state index in [4.69, 9.17) is 14.5 Å². The van der Waals surface area contributed by atoms with E-state index in [0.29, 0.717) is 42.2 Å². The van der Waals surface area contributed by atoms with E-state index in [2.05, 4.69) is 26.5 Å². The molecule has 3 aromatic rings. The molecule has 0 amide bonds. The van der Waals surface area contributed by atoms with E-state index < -0.39 is 6.36 Å². The molecule has 0 spiro atoms. The van der Waals surface area contributed by atoms with Gasteiger partial charge in [0.2, 0.25) is 11.8 Å². The predicted octanol–water partition coefficient (Wildman–Crippen LogP) is 6.74. The van der Waals surface area contributed by atoms with Gasteiger partial charge >= 0.3 is 6.36 Å². The zero-order chi connectivity index (χ0) is 30.0. The Morgan fingerprint density at radius 2 is 1.76 bits per heavy atom. The van der Waals surface area contributed by atoms with Crippen LogP contribution in [-0.2, 0) is 13.1 Å². The minimum atomic E-state index is -4.78. The molecule has 0 atom stereocenters. The molecule has 12 heteroatoms. The molecule has 1 saturated carbocycles. The lowest BCUT2D eigenvalue weighted by molar-refractivity contribution is -0.274. The Morgan fingerprint density at radius 3 is 2.43 bits per heavy atom. The summed E-state index contributed by atoms with van der Waals surface area (Å²) < 4.78 is 54.1. The summed E-state index contributed by atoms with van der Waals surface area (Å²) in [5.41, 5.74) is 2.35. The van der Waals surface area contributed by atoms with E-state index in [1.165, 1.54) is 43.9 Å². The van der Waals surface area contributed by atoms with E-state index in [-0.39, 0.29) is 12.3 Å². The highest BCUT2D eigenvalue weighted by Crippen LogP contribution is 2.31. The summed E-state index contributed by atoms with van der Waals surface area (Å²) in [6.45, 7) is 4.93. The molecular weight excluding hydrogens is 567 g/mol. The number of ether oxygens (including phenoxy) is 3. The van der Waals surface area contributed by atoms with Gasteiger partial charge in [-0.1, -0.05) is 25.0 Å². The van der Waals surface area contributed by atoms with Crippen LogP contribution in [0.2, 0.25) is 0 Å². The number of alkyl halides is 3. The van der Waals surface area contributed by atoms with Crippen molar-refractivity contribution in [3.8, 4) is 17.4 Å². The highest BCUT2D eigenvalue weighted by Gasteiger charge is 2.31. The molecule has 228 valence electrons. The maximum atomic E-state index is 12.9. The van der Waals surface area contributed by atoms with E-state index >= 15 is 0 Å². The van der Waals surface area contributed by atoms with Gasteiger partial charge in [0.1, 0.15) is 5.75 Å². The van der Waals surface area contributed by atoms with Crippen molar-refractivity contribution >= 4 is 23.4 Å². The summed E-state index contributed by atoms with van der Waals surface area (Å²) in [5.74, 6) is 2.60. The van der Waals surface area contributed by atoms with Crippen molar-refractivity contribution < 1.29 is 27.4 Å². The number of rotatable bonds is 15. The van der Waals surface area contributed by atoms with Crippen LogP contribution in [-0.4, -0.2) is 60.1 Å². The molecule has 0 aliphatic heterocycles. The second kappa shape index (κ2) is 15.2. The first kappa shape index (κ1) is 31.5. The van der Waals surface area contributed by atoms with E-state index in [1.54, 1.807) is 37.3 Å². The topological polar surface area (TPSA) is 72.8 Å². The monoisotopic (exact) mass is 605 g/mol. The van der Waals surface area contributed by atoms with Crippen LogP contribution in [0, 0.1) is 5.92 Å². The van der Waals surface area contributed by atoms with Gasteiger partial charge in [0.05, 0.1) is 44.0 Å². The number of thioether (sulfide) groups is 1. The predicted molar refractivity (Wildman–Crippen MR) is 160 cm³/mol. The fourth-order valence-electron chi connectivity index (χ4n) is 5.12. The fraction of sp³-hybridized carbons (Fsp3) is 0.500. The number of hydrogen-bond donors (Lipinski definition) is 0. The van der Waals surface area contributed by atoms with Crippen LogP contribution in [0.4, 0.5) is 24.8 Å². The van der Waals surface area contributed by atoms with Gasteiger partial charge in [-0.2, -0.15) is 11.8 Å². The average Bonchev–Trinajstić information content (AvgIpc) is 3.49. The van der Waals surface area contributed by atoms with Crippen LogP contribution >= 0.6 is 11.8 Å². The van der Waals surface area contributed by atoms with Crippen LogP contribution in [0.1, 0.15) is 43.9 Å². The number of hydrogen-bond acceptors (Lipinski definition) is 9. The third-order valence-electron chi connectivity index (χ3n) is 7.11. The van der Waals surface area contributed by atoms with Gasteiger partial charge in [-0.15, -0.1) is 13.2 Å². The Kier molecular flexibility index (Phi) is 11.4. The lowest BCUT2D eigenvalue weighted by Crippen LogP contribution is -2.31. The molecule has 8 nitrogen and oxygen atoms in total. The van der Waals surface area contributed by atoms with E-state index in [9.17, 15) is 13.2 Å². The van der Waals surface area contributed by atoms with E-state index in [1.807, 2.05) is 23.3 Å². The lowest BCUT2D eigenvalue weighted by atomic mass is 10.1. The van der Waals surface area contributed by atoms with Crippen LogP contribution in [0.5, 0.6) is 17.4 Å². The van der Waals surface area contributed by atoms with Gasteiger partial charge in [0.25, 0.3) is 0 Å². The zero-order valence-electron chi connectivity index (χ0n) is 24.3. The molecule has 0 saturated heterocycles. The maximum absolute atomic E-state index is 12.9. The van der Waals surface area contributed by atoms with Gasteiger partial charge in [-0.3, -0.25) is 0 Å². The summed E-state index contributed by atoms with van der Waals surface area (Å²) in [6.07, 6.45) is 5.40. The highest BCUT2D eigenvalue weighted by atomic mass is 32.2. The standard InChI is InChI=1S/C30H38F3N5O3S/c1-4-37(19-22-8-5-6-9-22)27-12-13-28(39-2)36-26(27)21-38(29-34-17-25(18-35-29)40-14-15-42-3)20-23-10-7-11-24(16-23)41-30(31,32)33/h7,10-13,16-18,22H,4-6,8-9,14-15,19-21H2,1-3H3. The lowest BCUT2D eigenvalue weighted by Gasteiger charge is -2.30. The van der Waals surface area contributed by atoms with E-state index in [0.717, 1.165) is 30.2 Å². The molecule has 1 aromatic carbocycles. The van der Waals surface area contributed by atoms with Crippen molar-refractivity contribution in [1.82, 2.24) is 15.0 Å². The number of nitrogens with zero attached hydrogens (tertiary/aromatic N) is 5. The van der Waals surface area contributed by atoms with Crippen LogP contribution < -0.4 is 24.0 Å². The van der Waals surface area contributed by atoms with Gasteiger partial charge in [-0.05, 0) is 55.7 Å². The van der Waals surface area contributed by atoms with Crippen LogP contribution in [0.3, 0.4) is 0 Å². The molecule has 1 aliphatic rings. The Labute approximate surface area is 249 Å². The summed E-state index contributed by atoms with van der Waals surface area (Å²) in [7, 11) is 1.57. The maximum Gasteiger partial charge on any atom is 0.573 e. The number of pyridine rings is 1. The minimum Gasteiger partial charge on any atom is -0.489 e. The van der Waals surface area contributed by atoms with Crippen LogP contribution in [0.15, 0.2) is 48.8 Å². The largest absolute Gasteiger partial charge is 0.573 e. The first-order valence-corrected chi connectivity index (χ1v) is 15.5. The molecule has 1 aliphatic carbocycles. The number of anilines is 2. The molecule has 4 rings (SSSR count). The smallest absolute Gasteiger partial charge is 0.489 e. The molecule has 0 N–H and O–H groups in total. The van der Waals surface area contributed by atoms with Crippen molar-refractivity contribution in [2.45, 2.75) is 52.1 Å². The summed E-state index contributed by atoms with van der Waals surface area (Å²) in [4.78, 5) is 18.1. The SMILES string of the molecule is CCN(CC1CCCC1)c1ccc(OC)nc1CN(Cc1cccc(OC(F)(F)F)c1)c1ncc(OCCSC)cn1. The van der Waals surface area contributed by atoms with Crippen molar-refractivity contribution in [2.75, 3.05) is 48.6 Å². The number of benzene rings is 1. The summed E-state index contributed by atoms with van der Waals surface area (Å²) in [5, 5.41) is 0. The zero-order valence-corrected chi connectivity index (χ0v) is 25.1. The Balaban J connectivity index is 1.66. The third kappa shape index (κ3) is 9.30. The second-order valence-corrected chi connectivity index (χ2v) is 11.1. The minimum absolute atomic E-state index is 0.217. The molecule has 1 fully saturated rings. The molecule has 0 radical (unpaired) electrons. The van der Waals surface area contributed by atoms with Gasteiger partial charge < -0.3 is 24.0 Å². The molecular formula is C30H38F3N5O3S. The Hall–Kier alpha value is -3.41. The molecule has 42 heavy (non-hydrogen) atoms. The van der Waals surface area contributed by atoms with Crippen molar-refractivity contribution in [3.63, 3.8) is 0 Å². The number of methoxy groups -OCH3 is 1. The van der Waals surface area contributed by atoms with Gasteiger partial charge in [0.15, 0.2) is 5.75 Å². The third-order valence-corrected chi connectivity index (χ3v) is 7.68. The average molecular weight is 606 g/mol. The number of aromatic nitrogens is 3. The Morgan fingerprint density at radius 1 is 1.00 bits per heavy atom. The highest BCUT2D eigenvalue weighted by molar-refractivity contribution is 7.98. The Bertz CT molecular complexity index is 1260. The summed E-state index contributed by atoms with van der Waals surface area (Å²) >= 11 is 1.68. The molecule has 2 heterocycles. The fourth-order valence-corrected chi connectivity index (χ4v) is 5.37. The van der Waals surface area contributed by atoms with Crippen molar-refractivity contribution in [1.29, 1.82) is 0 Å². The molecule has 2 aromatic heterocycles. The van der Waals surface area contributed by atoms with Gasteiger partial charge in [-0.25, -0.2) is 15.0 Å². The first-order valence-electron chi connectivity index (χ1n) is 14.1. The number of halogens is 3. The van der Waals surface area contributed by atoms with Crippen molar-refractivity contribution in [3.05, 3.63) is 60.0 Å². The second-order valence-electron chi connectivity index (χ2n) is 10.1. The molecule has 0 unspecified atom stereocenters. The van der Waals surface area contributed by atoms with Gasteiger partial charge in [0, 0.05) is 31.5 Å². The summed E-state index contributed by atoms with van der Waals surface area (Å²) in [6, 6.07) is 9.82.